The number of hydrogen-bond acceptors (Lipinski definition) is 3. The van der Waals surface area contributed by atoms with Gasteiger partial charge in [0.05, 0.1) is 6.61 Å². The summed E-state index contributed by atoms with van der Waals surface area (Å²) in [4.78, 5) is 12.0. The first-order chi connectivity index (χ1) is 8.70. The first-order valence-corrected chi connectivity index (χ1v) is 6.50. The molecule has 0 radical (unpaired) electrons. The van der Waals surface area contributed by atoms with Gasteiger partial charge in [-0.25, -0.2) is 0 Å². The third-order valence-electron chi connectivity index (χ3n) is 3.31. The van der Waals surface area contributed by atoms with E-state index in [1.54, 1.807) is 12.1 Å². The summed E-state index contributed by atoms with van der Waals surface area (Å²) < 4.78 is 5.34. The predicted molar refractivity (Wildman–Crippen MR) is 70.7 cm³/mol. The molecule has 18 heavy (non-hydrogen) atoms. The third kappa shape index (κ3) is 3.01. The molecule has 2 unspecified atom stereocenters. The highest BCUT2D eigenvalue weighted by Gasteiger charge is 2.25. The van der Waals surface area contributed by atoms with Gasteiger partial charge < -0.3 is 15.8 Å². The second-order valence-corrected chi connectivity index (χ2v) is 4.63. The van der Waals surface area contributed by atoms with Crippen LogP contribution < -0.4 is 15.8 Å². The molecule has 0 aliphatic heterocycles. The summed E-state index contributed by atoms with van der Waals surface area (Å²) in [6.45, 7) is 2.56. The number of nitrogens with two attached hydrogens (primary N) is 1. The summed E-state index contributed by atoms with van der Waals surface area (Å²) in [6.07, 6.45) is 3.06. The van der Waals surface area contributed by atoms with Crippen LogP contribution in [0.4, 0.5) is 0 Å². The Morgan fingerprint density at radius 1 is 1.39 bits per heavy atom. The fourth-order valence-electron chi connectivity index (χ4n) is 2.29. The number of amides is 1. The Morgan fingerprint density at radius 3 is 2.67 bits per heavy atom. The van der Waals surface area contributed by atoms with Crippen molar-refractivity contribution in [2.75, 3.05) is 6.61 Å². The summed E-state index contributed by atoms with van der Waals surface area (Å²) in [6, 6.07) is 7.39. The van der Waals surface area contributed by atoms with Gasteiger partial charge in [-0.1, -0.05) is 0 Å². The Bertz CT molecular complexity index is 403. The zero-order valence-corrected chi connectivity index (χ0v) is 10.7. The average molecular weight is 248 g/mol. The number of carbonyl (C=O) groups excluding carboxylic acids is 1. The quantitative estimate of drug-likeness (QED) is 0.852. The number of hydrogen-bond donors (Lipinski definition) is 2. The van der Waals surface area contributed by atoms with Gasteiger partial charge in [0.15, 0.2) is 0 Å². The Labute approximate surface area is 108 Å². The zero-order chi connectivity index (χ0) is 13.0. The Morgan fingerprint density at radius 2 is 2.11 bits per heavy atom. The fourth-order valence-corrected chi connectivity index (χ4v) is 2.29. The summed E-state index contributed by atoms with van der Waals surface area (Å²) in [7, 11) is 0. The van der Waals surface area contributed by atoms with E-state index in [4.69, 9.17) is 10.5 Å². The number of rotatable bonds is 4. The second kappa shape index (κ2) is 5.87. The van der Waals surface area contributed by atoms with Crippen molar-refractivity contribution in [3.8, 4) is 5.75 Å². The first kappa shape index (κ1) is 12.9. The first-order valence-electron chi connectivity index (χ1n) is 6.50. The summed E-state index contributed by atoms with van der Waals surface area (Å²) in [5.74, 6) is 0.729. The molecule has 0 saturated heterocycles. The summed E-state index contributed by atoms with van der Waals surface area (Å²) in [5.41, 5.74) is 6.58. The van der Waals surface area contributed by atoms with Crippen molar-refractivity contribution in [3.63, 3.8) is 0 Å². The van der Waals surface area contributed by atoms with Gasteiger partial charge in [0, 0.05) is 17.6 Å². The summed E-state index contributed by atoms with van der Waals surface area (Å²) >= 11 is 0. The van der Waals surface area contributed by atoms with Crippen LogP contribution in [0.25, 0.3) is 0 Å². The Kier molecular flexibility index (Phi) is 4.20. The molecule has 1 saturated carbocycles. The van der Waals surface area contributed by atoms with Crippen LogP contribution in [0.3, 0.4) is 0 Å². The minimum Gasteiger partial charge on any atom is -0.494 e. The van der Waals surface area contributed by atoms with Gasteiger partial charge in [-0.15, -0.1) is 0 Å². The molecular formula is C14H20N2O2. The van der Waals surface area contributed by atoms with E-state index < -0.39 is 0 Å². The largest absolute Gasteiger partial charge is 0.494 e. The molecule has 3 N–H and O–H groups in total. The molecule has 0 bridgehead atoms. The minimum absolute atomic E-state index is 0.0552. The van der Waals surface area contributed by atoms with Gasteiger partial charge in [-0.3, -0.25) is 4.79 Å². The zero-order valence-electron chi connectivity index (χ0n) is 10.7. The van der Waals surface area contributed by atoms with E-state index >= 15 is 0 Å². The molecule has 1 aromatic rings. The van der Waals surface area contributed by atoms with Crippen LogP contribution in [0, 0.1) is 0 Å². The van der Waals surface area contributed by atoms with E-state index in [2.05, 4.69) is 5.32 Å². The van der Waals surface area contributed by atoms with Crippen LogP contribution in [-0.2, 0) is 0 Å². The van der Waals surface area contributed by atoms with Crippen molar-refractivity contribution in [2.45, 2.75) is 38.3 Å². The van der Waals surface area contributed by atoms with Gasteiger partial charge in [-0.05, 0) is 50.5 Å². The molecule has 98 valence electrons. The highest BCUT2D eigenvalue weighted by molar-refractivity contribution is 5.94. The van der Waals surface area contributed by atoms with Crippen LogP contribution in [-0.4, -0.2) is 24.6 Å². The SMILES string of the molecule is CCOc1ccc(C(=O)NC2CCCC2N)cc1. The van der Waals surface area contributed by atoms with Crippen molar-refractivity contribution in [1.29, 1.82) is 0 Å². The maximum atomic E-state index is 12.0. The lowest BCUT2D eigenvalue weighted by Crippen LogP contribution is -2.43. The third-order valence-corrected chi connectivity index (χ3v) is 3.31. The van der Waals surface area contributed by atoms with Crippen LogP contribution in [0.2, 0.25) is 0 Å². The smallest absolute Gasteiger partial charge is 0.251 e. The topological polar surface area (TPSA) is 64.3 Å². The molecule has 0 heterocycles. The van der Waals surface area contributed by atoms with E-state index in [1.165, 1.54) is 0 Å². The highest BCUT2D eigenvalue weighted by Crippen LogP contribution is 2.18. The van der Waals surface area contributed by atoms with Crippen LogP contribution in [0.5, 0.6) is 5.75 Å². The highest BCUT2D eigenvalue weighted by atomic mass is 16.5. The molecular weight excluding hydrogens is 228 g/mol. The normalized spacial score (nSPS) is 22.8. The molecule has 1 aliphatic carbocycles. The molecule has 0 spiro atoms. The lowest BCUT2D eigenvalue weighted by atomic mass is 10.1. The summed E-state index contributed by atoms with van der Waals surface area (Å²) in [5, 5.41) is 2.99. The van der Waals surface area contributed by atoms with E-state index in [1.807, 2.05) is 19.1 Å². The lowest BCUT2D eigenvalue weighted by molar-refractivity contribution is 0.0934. The predicted octanol–water partition coefficient (Wildman–Crippen LogP) is 1.69. The standard InChI is InChI=1S/C14H20N2O2/c1-2-18-11-8-6-10(7-9-11)14(17)16-13-5-3-4-12(13)15/h6-9,12-13H,2-5,15H2,1H3,(H,16,17). The van der Waals surface area contributed by atoms with Gasteiger partial charge >= 0.3 is 0 Å². The van der Waals surface area contributed by atoms with E-state index in [-0.39, 0.29) is 18.0 Å². The van der Waals surface area contributed by atoms with Crippen molar-refractivity contribution in [2.24, 2.45) is 5.73 Å². The van der Waals surface area contributed by atoms with Crippen molar-refractivity contribution < 1.29 is 9.53 Å². The Balaban J connectivity index is 1.96. The molecule has 0 aromatic heterocycles. The van der Waals surface area contributed by atoms with Gasteiger partial charge in [-0.2, -0.15) is 0 Å². The second-order valence-electron chi connectivity index (χ2n) is 4.63. The minimum atomic E-state index is -0.0552. The molecule has 4 nitrogen and oxygen atoms in total. The van der Waals surface area contributed by atoms with Crippen molar-refractivity contribution in [1.82, 2.24) is 5.32 Å². The maximum absolute atomic E-state index is 12.0. The van der Waals surface area contributed by atoms with E-state index in [0.29, 0.717) is 12.2 Å². The van der Waals surface area contributed by atoms with Gasteiger partial charge in [0.2, 0.25) is 0 Å². The van der Waals surface area contributed by atoms with Crippen LogP contribution in [0.15, 0.2) is 24.3 Å². The molecule has 2 atom stereocenters. The van der Waals surface area contributed by atoms with Gasteiger partial charge in [0.1, 0.15) is 5.75 Å². The number of nitrogens with one attached hydrogen (secondary N) is 1. The van der Waals surface area contributed by atoms with Crippen molar-refractivity contribution in [3.05, 3.63) is 29.8 Å². The number of benzene rings is 1. The van der Waals surface area contributed by atoms with Crippen molar-refractivity contribution >= 4 is 5.91 Å². The average Bonchev–Trinajstić information content (AvgIpc) is 2.76. The van der Waals surface area contributed by atoms with Crippen LogP contribution in [0.1, 0.15) is 36.5 Å². The molecule has 1 aromatic carbocycles. The monoisotopic (exact) mass is 248 g/mol. The molecule has 1 aliphatic rings. The molecule has 2 rings (SSSR count). The molecule has 4 heteroatoms. The molecule has 1 amide bonds. The number of ether oxygens (including phenoxy) is 1. The lowest BCUT2D eigenvalue weighted by Gasteiger charge is -2.17. The Hall–Kier alpha value is -1.55. The van der Waals surface area contributed by atoms with Crippen LogP contribution >= 0.6 is 0 Å². The fraction of sp³-hybridized carbons (Fsp3) is 0.500. The molecule has 1 fully saturated rings. The van der Waals surface area contributed by atoms with E-state index in [0.717, 1.165) is 25.0 Å². The number of carbonyl (C=O) groups is 1. The van der Waals surface area contributed by atoms with E-state index in [9.17, 15) is 4.79 Å². The maximum Gasteiger partial charge on any atom is 0.251 e. The van der Waals surface area contributed by atoms with Gasteiger partial charge in [0.25, 0.3) is 5.91 Å².